The van der Waals surface area contributed by atoms with Crippen LogP contribution in [0.2, 0.25) is 0 Å². The molecule has 1 amide bonds. The lowest BCUT2D eigenvalue weighted by atomic mass is 9.84. The van der Waals surface area contributed by atoms with Gasteiger partial charge in [0.1, 0.15) is 6.61 Å². The third-order valence-corrected chi connectivity index (χ3v) is 3.29. The van der Waals surface area contributed by atoms with Gasteiger partial charge < -0.3 is 16.2 Å². The smallest absolute Gasteiger partial charge is 0.287 e. The van der Waals surface area contributed by atoms with E-state index in [0.717, 1.165) is 12.8 Å². The summed E-state index contributed by atoms with van der Waals surface area (Å²) in [5.74, 6) is -3.72. The molecule has 4 nitrogen and oxygen atoms in total. The third-order valence-electron chi connectivity index (χ3n) is 3.29. The van der Waals surface area contributed by atoms with Gasteiger partial charge in [0.2, 0.25) is 5.91 Å². The van der Waals surface area contributed by atoms with E-state index < -0.39 is 30.4 Å². The summed E-state index contributed by atoms with van der Waals surface area (Å²) in [5, 5.41) is 10.5. The average Bonchev–Trinajstić information content (AvgIpc) is 2.57. The molecule has 94 valence electrons. The SMILES string of the molecule is CC1(C(=O)NCC(F)(F)CO)CCCC1N. The van der Waals surface area contributed by atoms with Crippen LogP contribution in [0.4, 0.5) is 8.78 Å². The topological polar surface area (TPSA) is 75.3 Å². The molecule has 0 radical (unpaired) electrons. The first kappa shape index (κ1) is 13.3. The molecule has 1 fully saturated rings. The Morgan fingerprint density at radius 1 is 1.69 bits per heavy atom. The van der Waals surface area contributed by atoms with Crippen LogP contribution >= 0.6 is 0 Å². The Balaban J connectivity index is 2.53. The lowest BCUT2D eigenvalue weighted by Gasteiger charge is -2.28. The van der Waals surface area contributed by atoms with E-state index in [9.17, 15) is 13.6 Å². The molecule has 2 atom stereocenters. The van der Waals surface area contributed by atoms with Crippen LogP contribution in [0.3, 0.4) is 0 Å². The van der Waals surface area contributed by atoms with Crippen LogP contribution in [-0.2, 0) is 4.79 Å². The Labute approximate surface area is 93.2 Å². The van der Waals surface area contributed by atoms with E-state index in [1.54, 1.807) is 6.92 Å². The predicted octanol–water partition coefficient (Wildman–Crippen LogP) is 0.248. The van der Waals surface area contributed by atoms with Crippen LogP contribution < -0.4 is 11.1 Å². The van der Waals surface area contributed by atoms with Crippen molar-refractivity contribution in [1.82, 2.24) is 5.32 Å². The highest BCUT2D eigenvalue weighted by atomic mass is 19.3. The summed E-state index contributed by atoms with van der Waals surface area (Å²) >= 11 is 0. The number of aliphatic hydroxyl groups is 1. The van der Waals surface area contributed by atoms with Crippen molar-refractivity contribution in [3.8, 4) is 0 Å². The molecule has 1 aliphatic carbocycles. The van der Waals surface area contributed by atoms with Crippen LogP contribution in [0.15, 0.2) is 0 Å². The Bertz CT molecular complexity index is 274. The summed E-state index contributed by atoms with van der Waals surface area (Å²) in [6, 6.07) is -0.282. The summed E-state index contributed by atoms with van der Waals surface area (Å²) < 4.78 is 25.5. The van der Waals surface area contributed by atoms with Crippen molar-refractivity contribution in [2.24, 2.45) is 11.1 Å². The lowest BCUT2D eigenvalue weighted by Crippen LogP contribution is -2.50. The van der Waals surface area contributed by atoms with Gasteiger partial charge in [-0.2, -0.15) is 0 Å². The van der Waals surface area contributed by atoms with Crippen molar-refractivity contribution in [3.63, 3.8) is 0 Å². The van der Waals surface area contributed by atoms with E-state index in [2.05, 4.69) is 5.32 Å². The van der Waals surface area contributed by atoms with Gasteiger partial charge in [-0.3, -0.25) is 4.79 Å². The van der Waals surface area contributed by atoms with Crippen LogP contribution in [0.25, 0.3) is 0 Å². The van der Waals surface area contributed by atoms with Gasteiger partial charge in [-0.05, 0) is 19.8 Å². The van der Waals surface area contributed by atoms with Gasteiger partial charge in [0.25, 0.3) is 5.92 Å². The second-order valence-corrected chi connectivity index (χ2v) is 4.61. The lowest BCUT2D eigenvalue weighted by molar-refractivity contribution is -0.133. The number of hydrogen-bond donors (Lipinski definition) is 3. The second-order valence-electron chi connectivity index (χ2n) is 4.61. The third kappa shape index (κ3) is 2.68. The largest absolute Gasteiger partial charge is 0.390 e. The first-order chi connectivity index (χ1) is 7.32. The molecule has 1 saturated carbocycles. The van der Waals surface area contributed by atoms with Crippen molar-refractivity contribution >= 4 is 5.91 Å². The monoisotopic (exact) mass is 236 g/mol. The van der Waals surface area contributed by atoms with Gasteiger partial charge in [0.05, 0.1) is 12.0 Å². The number of rotatable bonds is 4. The van der Waals surface area contributed by atoms with Gasteiger partial charge in [0, 0.05) is 6.04 Å². The van der Waals surface area contributed by atoms with Crippen molar-refractivity contribution < 1.29 is 18.7 Å². The van der Waals surface area contributed by atoms with Crippen LogP contribution in [0.1, 0.15) is 26.2 Å². The minimum absolute atomic E-state index is 0.282. The summed E-state index contributed by atoms with van der Waals surface area (Å²) in [6.45, 7) is -0.419. The number of nitrogens with two attached hydrogens (primary N) is 1. The summed E-state index contributed by atoms with van der Waals surface area (Å²) in [7, 11) is 0. The van der Waals surface area contributed by atoms with Crippen molar-refractivity contribution in [3.05, 3.63) is 0 Å². The highest BCUT2D eigenvalue weighted by Crippen LogP contribution is 2.36. The summed E-state index contributed by atoms with van der Waals surface area (Å²) in [4.78, 5) is 11.7. The van der Waals surface area contributed by atoms with Gasteiger partial charge in [-0.1, -0.05) is 6.42 Å². The first-order valence-corrected chi connectivity index (χ1v) is 5.34. The zero-order valence-electron chi connectivity index (χ0n) is 9.30. The van der Waals surface area contributed by atoms with Crippen molar-refractivity contribution in [1.29, 1.82) is 0 Å². The Hall–Kier alpha value is -0.750. The Morgan fingerprint density at radius 2 is 2.31 bits per heavy atom. The molecule has 0 bridgehead atoms. The second kappa shape index (κ2) is 4.63. The van der Waals surface area contributed by atoms with E-state index >= 15 is 0 Å². The molecule has 0 saturated heterocycles. The number of halogens is 2. The molecule has 16 heavy (non-hydrogen) atoms. The molecule has 1 rings (SSSR count). The molecule has 2 unspecified atom stereocenters. The van der Waals surface area contributed by atoms with Crippen LogP contribution in [0.5, 0.6) is 0 Å². The minimum atomic E-state index is -3.27. The van der Waals surface area contributed by atoms with Crippen LogP contribution in [-0.4, -0.2) is 36.1 Å². The van der Waals surface area contributed by atoms with E-state index in [-0.39, 0.29) is 6.04 Å². The first-order valence-electron chi connectivity index (χ1n) is 5.34. The highest BCUT2D eigenvalue weighted by molar-refractivity contribution is 5.83. The Morgan fingerprint density at radius 3 is 2.75 bits per heavy atom. The van der Waals surface area contributed by atoms with Gasteiger partial charge >= 0.3 is 0 Å². The molecule has 0 heterocycles. The van der Waals surface area contributed by atoms with E-state index in [1.807, 2.05) is 0 Å². The van der Waals surface area contributed by atoms with Gasteiger partial charge in [-0.25, -0.2) is 8.78 Å². The highest BCUT2D eigenvalue weighted by Gasteiger charge is 2.43. The minimum Gasteiger partial charge on any atom is -0.390 e. The molecule has 0 aromatic carbocycles. The summed E-state index contributed by atoms with van der Waals surface area (Å²) in [6.07, 6.45) is 2.19. The normalized spacial score (nSPS) is 30.4. The number of carbonyl (C=O) groups excluding carboxylic acids is 1. The summed E-state index contributed by atoms with van der Waals surface area (Å²) in [5.41, 5.74) is 5.03. The molecule has 4 N–H and O–H groups in total. The quantitative estimate of drug-likeness (QED) is 0.655. The zero-order valence-corrected chi connectivity index (χ0v) is 9.30. The van der Waals surface area contributed by atoms with E-state index in [0.29, 0.717) is 6.42 Å². The number of hydrogen-bond acceptors (Lipinski definition) is 3. The number of aliphatic hydroxyl groups excluding tert-OH is 1. The maximum absolute atomic E-state index is 12.7. The van der Waals surface area contributed by atoms with Crippen LogP contribution in [0, 0.1) is 5.41 Å². The van der Waals surface area contributed by atoms with Crippen molar-refractivity contribution in [2.75, 3.05) is 13.2 Å². The number of alkyl halides is 2. The predicted molar refractivity (Wildman–Crippen MR) is 55.0 cm³/mol. The zero-order chi connectivity index (χ0) is 12.4. The molecule has 0 aliphatic heterocycles. The maximum atomic E-state index is 12.7. The number of carbonyl (C=O) groups is 1. The van der Waals surface area contributed by atoms with Crippen molar-refractivity contribution in [2.45, 2.75) is 38.2 Å². The molecular weight excluding hydrogens is 218 g/mol. The fourth-order valence-electron chi connectivity index (χ4n) is 1.94. The molecule has 0 spiro atoms. The molecule has 0 aromatic rings. The Kier molecular flexibility index (Phi) is 3.85. The van der Waals surface area contributed by atoms with Gasteiger partial charge in [0.15, 0.2) is 0 Å². The molecular formula is C10H18F2N2O2. The van der Waals surface area contributed by atoms with Gasteiger partial charge in [-0.15, -0.1) is 0 Å². The number of nitrogens with one attached hydrogen (secondary N) is 1. The molecule has 1 aliphatic rings. The van der Waals surface area contributed by atoms with E-state index in [4.69, 9.17) is 10.8 Å². The average molecular weight is 236 g/mol. The standard InChI is InChI=1S/C10H18F2N2O2/c1-9(4-2-3-7(9)13)8(16)14-5-10(11,12)6-15/h7,15H,2-6,13H2,1H3,(H,14,16). The van der Waals surface area contributed by atoms with E-state index in [1.165, 1.54) is 0 Å². The maximum Gasteiger partial charge on any atom is 0.287 e. The number of amides is 1. The fourth-order valence-corrected chi connectivity index (χ4v) is 1.94. The molecule has 6 heteroatoms. The molecule has 0 aromatic heterocycles. The fraction of sp³-hybridized carbons (Fsp3) is 0.900.